The average molecular weight is 388 g/mol. The second kappa shape index (κ2) is 7.81. The maximum atomic E-state index is 12.7. The fourth-order valence-electron chi connectivity index (χ4n) is 2.81. The van der Waals surface area contributed by atoms with Crippen molar-refractivity contribution < 1.29 is 8.42 Å². The third kappa shape index (κ3) is 4.01. The Bertz CT molecular complexity index is 927. The molecule has 2 aromatic rings. The molecule has 1 heterocycles. The molecule has 1 aliphatic heterocycles. The van der Waals surface area contributed by atoms with Crippen molar-refractivity contribution in [3.05, 3.63) is 70.7 Å². The van der Waals surface area contributed by atoms with Crippen LogP contribution in [0.1, 0.15) is 0 Å². The molecule has 7 heteroatoms. The minimum absolute atomic E-state index is 0.0672. The number of nitrogens with zero attached hydrogens (tertiary/aromatic N) is 3. The zero-order chi connectivity index (χ0) is 18.6. The van der Waals surface area contributed by atoms with E-state index >= 15 is 0 Å². The molecule has 1 saturated heterocycles. The molecular weight excluding hydrogens is 370 g/mol. The van der Waals surface area contributed by atoms with Gasteiger partial charge in [-0.1, -0.05) is 29.8 Å². The zero-order valence-electron chi connectivity index (χ0n) is 14.0. The van der Waals surface area contributed by atoms with Gasteiger partial charge in [-0.05, 0) is 36.4 Å². The summed E-state index contributed by atoms with van der Waals surface area (Å²) in [6.45, 7) is 2.83. The van der Waals surface area contributed by atoms with Crippen LogP contribution in [-0.4, -0.2) is 39.5 Å². The highest BCUT2D eigenvalue weighted by molar-refractivity contribution is 7.95. The van der Waals surface area contributed by atoms with Crippen LogP contribution in [0.5, 0.6) is 0 Å². The van der Waals surface area contributed by atoms with Crippen molar-refractivity contribution in [3.63, 3.8) is 0 Å². The van der Waals surface area contributed by atoms with Gasteiger partial charge in [0.2, 0.25) is 9.84 Å². The molecule has 0 bridgehead atoms. The van der Waals surface area contributed by atoms with E-state index in [1.807, 2.05) is 29.2 Å². The zero-order valence-corrected chi connectivity index (χ0v) is 15.6. The molecule has 0 N–H and O–H groups in total. The van der Waals surface area contributed by atoms with Gasteiger partial charge >= 0.3 is 0 Å². The van der Waals surface area contributed by atoms with Gasteiger partial charge < -0.3 is 9.80 Å². The molecule has 5 nitrogen and oxygen atoms in total. The van der Waals surface area contributed by atoms with E-state index in [4.69, 9.17) is 11.6 Å². The molecule has 0 unspecified atom stereocenters. The first kappa shape index (κ1) is 18.3. The maximum absolute atomic E-state index is 12.7. The third-order valence-corrected chi connectivity index (χ3v) is 6.18. The van der Waals surface area contributed by atoms with E-state index in [1.54, 1.807) is 0 Å². The van der Waals surface area contributed by atoms with Crippen LogP contribution >= 0.6 is 11.6 Å². The first-order chi connectivity index (χ1) is 12.5. The standard InChI is InChI=1S/C19H18ClN3O2S/c20-16-6-8-18(9-7-16)26(24,25)19(14-21)15-22-10-12-23(13-11-22)17-4-2-1-3-5-17/h1-9,15H,10-13H2/b19-15-. The number of rotatable bonds is 4. The Morgan fingerprint density at radius 1 is 1.00 bits per heavy atom. The van der Waals surface area contributed by atoms with Gasteiger partial charge in [0.25, 0.3) is 0 Å². The first-order valence-electron chi connectivity index (χ1n) is 8.17. The van der Waals surface area contributed by atoms with Crippen molar-refractivity contribution in [1.29, 1.82) is 5.26 Å². The number of para-hydroxylation sites is 1. The van der Waals surface area contributed by atoms with Crippen LogP contribution in [0, 0.1) is 11.3 Å². The van der Waals surface area contributed by atoms with E-state index in [0.717, 1.165) is 18.8 Å². The van der Waals surface area contributed by atoms with Gasteiger partial charge in [0.1, 0.15) is 6.07 Å². The van der Waals surface area contributed by atoms with E-state index in [-0.39, 0.29) is 9.80 Å². The highest BCUT2D eigenvalue weighted by Gasteiger charge is 2.23. The second-order valence-corrected chi connectivity index (χ2v) is 8.28. The summed E-state index contributed by atoms with van der Waals surface area (Å²) >= 11 is 5.81. The molecule has 26 heavy (non-hydrogen) atoms. The molecule has 0 aromatic heterocycles. The van der Waals surface area contributed by atoms with E-state index in [0.29, 0.717) is 18.1 Å². The molecule has 0 spiro atoms. The highest BCUT2D eigenvalue weighted by Crippen LogP contribution is 2.22. The molecular formula is C19H18ClN3O2S. The van der Waals surface area contributed by atoms with Gasteiger partial charge in [-0.15, -0.1) is 0 Å². The lowest BCUT2D eigenvalue weighted by Gasteiger charge is -2.35. The molecule has 0 radical (unpaired) electrons. The summed E-state index contributed by atoms with van der Waals surface area (Å²) in [6.07, 6.45) is 1.45. The molecule has 1 fully saturated rings. The summed E-state index contributed by atoms with van der Waals surface area (Å²) in [5, 5.41) is 9.83. The fraction of sp³-hybridized carbons (Fsp3) is 0.211. The minimum Gasteiger partial charge on any atom is -0.372 e. The molecule has 134 valence electrons. The van der Waals surface area contributed by atoms with Crippen molar-refractivity contribution in [2.45, 2.75) is 4.90 Å². The summed E-state index contributed by atoms with van der Waals surface area (Å²) < 4.78 is 25.3. The van der Waals surface area contributed by atoms with Gasteiger partial charge in [-0.3, -0.25) is 0 Å². The Morgan fingerprint density at radius 2 is 1.62 bits per heavy atom. The van der Waals surface area contributed by atoms with E-state index in [2.05, 4.69) is 17.0 Å². The molecule has 0 amide bonds. The number of nitriles is 1. The first-order valence-corrected chi connectivity index (χ1v) is 10.0. The van der Waals surface area contributed by atoms with Crippen molar-refractivity contribution >= 4 is 27.1 Å². The fourth-order valence-corrected chi connectivity index (χ4v) is 4.10. The van der Waals surface area contributed by atoms with Crippen molar-refractivity contribution in [1.82, 2.24) is 4.90 Å². The molecule has 0 aliphatic carbocycles. The summed E-state index contributed by atoms with van der Waals surface area (Å²) in [5.74, 6) is 0. The molecule has 0 saturated carbocycles. The summed E-state index contributed by atoms with van der Waals surface area (Å²) in [4.78, 5) is 3.93. The summed E-state index contributed by atoms with van der Waals surface area (Å²) in [7, 11) is -3.85. The van der Waals surface area contributed by atoms with E-state index in [9.17, 15) is 13.7 Å². The number of hydrogen-bond acceptors (Lipinski definition) is 5. The number of allylic oxidation sites excluding steroid dienone is 1. The highest BCUT2D eigenvalue weighted by atomic mass is 35.5. The number of hydrogen-bond donors (Lipinski definition) is 0. The van der Waals surface area contributed by atoms with Crippen LogP contribution < -0.4 is 4.90 Å². The predicted molar refractivity (Wildman–Crippen MR) is 103 cm³/mol. The van der Waals surface area contributed by atoms with E-state index in [1.165, 1.54) is 30.5 Å². The van der Waals surface area contributed by atoms with Crippen LogP contribution in [0.25, 0.3) is 0 Å². The summed E-state index contributed by atoms with van der Waals surface area (Å²) in [6, 6.07) is 17.7. The Kier molecular flexibility index (Phi) is 5.50. The molecule has 0 atom stereocenters. The number of halogens is 1. The lowest BCUT2D eigenvalue weighted by molar-refractivity contribution is 0.348. The summed E-state index contributed by atoms with van der Waals surface area (Å²) in [5.41, 5.74) is 1.14. The Hall–Kier alpha value is -2.49. The van der Waals surface area contributed by atoms with Crippen LogP contribution in [0.2, 0.25) is 5.02 Å². The Balaban J connectivity index is 1.74. The normalized spacial score (nSPS) is 15.6. The quantitative estimate of drug-likeness (QED) is 0.753. The predicted octanol–water partition coefficient (Wildman–Crippen LogP) is 3.30. The van der Waals surface area contributed by atoms with E-state index < -0.39 is 9.84 Å². The maximum Gasteiger partial charge on any atom is 0.218 e. The molecule has 3 rings (SSSR count). The topological polar surface area (TPSA) is 64.4 Å². The molecule has 1 aliphatic rings. The Morgan fingerprint density at radius 3 is 2.19 bits per heavy atom. The van der Waals surface area contributed by atoms with Crippen LogP contribution in [0.4, 0.5) is 5.69 Å². The van der Waals surface area contributed by atoms with Crippen molar-refractivity contribution in [2.24, 2.45) is 0 Å². The average Bonchev–Trinajstić information content (AvgIpc) is 2.67. The van der Waals surface area contributed by atoms with Crippen LogP contribution in [-0.2, 0) is 9.84 Å². The number of sulfone groups is 1. The smallest absolute Gasteiger partial charge is 0.218 e. The third-order valence-electron chi connectivity index (χ3n) is 4.26. The largest absolute Gasteiger partial charge is 0.372 e. The SMILES string of the molecule is N#C/C(=C/N1CCN(c2ccccc2)CC1)S(=O)(=O)c1ccc(Cl)cc1. The minimum atomic E-state index is -3.85. The van der Waals surface area contributed by atoms with Crippen molar-refractivity contribution in [3.8, 4) is 6.07 Å². The van der Waals surface area contributed by atoms with Gasteiger partial charge in [0, 0.05) is 43.1 Å². The monoisotopic (exact) mass is 387 g/mol. The second-order valence-electron chi connectivity index (χ2n) is 5.92. The van der Waals surface area contributed by atoms with Gasteiger partial charge in [0.15, 0.2) is 4.91 Å². The lowest BCUT2D eigenvalue weighted by atomic mass is 10.2. The number of anilines is 1. The lowest BCUT2D eigenvalue weighted by Crippen LogP contribution is -2.44. The number of piperazine rings is 1. The van der Waals surface area contributed by atoms with Crippen LogP contribution in [0.3, 0.4) is 0 Å². The number of benzene rings is 2. The van der Waals surface area contributed by atoms with Gasteiger partial charge in [-0.2, -0.15) is 5.26 Å². The molecule has 2 aromatic carbocycles. The van der Waals surface area contributed by atoms with Crippen molar-refractivity contribution in [2.75, 3.05) is 31.1 Å². The van der Waals surface area contributed by atoms with Gasteiger partial charge in [-0.25, -0.2) is 8.42 Å². The van der Waals surface area contributed by atoms with Gasteiger partial charge in [0.05, 0.1) is 4.90 Å². The van der Waals surface area contributed by atoms with Crippen LogP contribution in [0.15, 0.2) is 70.6 Å². The Labute approximate surface area is 158 Å².